The molecule has 10 heavy (non-hydrogen) atoms. The Labute approximate surface area is 61.9 Å². The molecule has 2 rings (SSSR count). The van der Waals surface area contributed by atoms with Crippen LogP contribution in [0.25, 0.3) is 0 Å². The minimum Gasteiger partial charge on any atom is -0.0508 e. The van der Waals surface area contributed by atoms with Gasteiger partial charge in [0.25, 0.3) is 0 Å². The first-order chi connectivity index (χ1) is 4.97. The van der Waals surface area contributed by atoms with Crippen LogP contribution in [0.3, 0.4) is 0 Å². The molecule has 1 aromatic rings. The van der Waals surface area contributed by atoms with Crippen LogP contribution in [0.5, 0.6) is 0 Å². The van der Waals surface area contributed by atoms with E-state index in [4.69, 9.17) is 0 Å². The van der Waals surface area contributed by atoms with E-state index >= 15 is 0 Å². The molecule has 0 fully saturated rings. The maximum absolute atomic E-state index is 3.23. The smallest absolute Gasteiger partial charge is 0.0140 e. The molecule has 0 heterocycles. The predicted octanol–water partition coefficient (Wildman–Crippen LogP) is 2.17. The van der Waals surface area contributed by atoms with Gasteiger partial charge in [0.05, 0.1) is 0 Å². The molecule has 0 saturated carbocycles. The highest BCUT2D eigenvalue weighted by atomic mass is 14.1. The number of fused-ring (bicyclic) bond motifs is 1. The van der Waals surface area contributed by atoms with E-state index in [0.717, 1.165) is 0 Å². The van der Waals surface area contributed by atoms with Gasteiger partial charge in [-0.25, -0.2) is 0 Å². The zero-order chi connectivity index (χ0) is 6.81. The Morgan fingerprint density at radius 3 is 3.00 bits per heavy atom. The second-order valence-electron chi connectivity index (χ2n) is 2.81. The molecule has 2 radical (unpaired) electrons. The van der Waals surface area contributed by atoms with Crippen LogP contribution in [0, 0.1) is 12.1 Å². The zero-order valence-electron chi connectivity index (χ0n) is 5.98. The van der Waals surface area contributed by atoms with E-state index in [2.05, 4.69) is 18.2 Å². The molecule has 0 aliphatic heterocycles. The fraction of sp³-hybridized carbons (Fsp3) is 0.400. The van der Waals surface area contributed by atoms with Gasteiger partial charge in [-0.1, -0.05) is 6.07 Å². The molecule has 1 aromatic carbocycles. The molecule has 1 aliphatic rings. The molecule has 50 valence electrons. The molecule has 1 aliphatic carbocycles. The van der Waals surface area contributed by atoms with Crippen molar-refractivity contribution in [3.63, 3.8) is 0 Å². The summed E-state index contributed by atoms with van der Waals surface area (Å²) < 4.78 is 0. The Kier molecular flexibility index (Phi) is 1.46. The Balaban J connectivity index is 2.41. The van der Waals surface area contributed by atoms with Crippen molar-refractivity contribution in [3.8, 4) is 0 Å². The van der Waals surface area contributed by atoms with Gasteiger partial charge in [0.15, 0.2) is 0 Å². The highest BCUT2D eigenvalue weighted by Gasteiger charge is 2.06. The summed E-state index contributed by atoms with van der Waals surface area (Å²) in [5.41, 5.74) is 2.89. The van der Waals surface area contributed by atoms with Gasteiger partial charge in [0.2, 0.25) is 0 Å². The molecule has 0 N–H and O–H groups in total. The first kappa shape index (κ1) is 5.96. The van der Waals surface area contributed by atoms with E-state index in [0.29, 0.717) is 0 Å². The van der Waals surface area contributed by atoms with Crippen LogP contribution < -0.4 is 0 Å². The lowest BCUT2D eigenvalue weighted by Gasteiger charge is -2.13. The van der Waals surface area contributed by atoms with Crippen LogP contribution in [0.15, 0.2) is 12.1 Å². The van der Waals surface area contributed by atoms with E-state index in [1.165, 1.54) is 36.8 Å². The normalized spacial score (nSPS) is 16.4. The molecule has 0 nitrogen and oxygen atoms in total. The predicted molar refractivity (Wildman–Crippen MR) is 40.8 cm³/mol. The summed E-state index contributed by atoms with van der Waals surface area (Å²) in [6.45, 7) is 0. The number of benzene rings is 1. The van der Waals surface area contributed by atoms with E-state index < -0.39 is 0 Å². The fourth-order valence-electron chi connectivity index (χ4n) is 1.52. The fourth-order valence-corrected chi connectivity index (χ4v) is 1.52. The average molecular weight is 130 g/mol. The van der Waals surface area contributed by atoms with Crippen molar-refractivity contribution >= 4 is 0 Å². The summed E-state index contributed by atoms with van der Waals surface area (Å²) >= 11 is 0. The van der Waals surface area contributed by atoms with Gasteiger partial charge >= 0.3 is 0 Å². The first-order valence-corrected chi connectivity index (χ1v) is 3.86. The van der Waals surface area contributed by atoms with Gasteiger partial charge in [0, 0.05) is 0 Å². The van der Waals surface area contributed by atoms with Gasteiger partial charge < -0.3 is 0 Å². The van der Waals surface area contributed by atoms with Crippen molar-refractivity contribution in [2.45, 2.75) is 25.7 Å². The van der Waals surface area contributed by atoms with Crippen molar-refractivity contribution in [1.29, 1.82) is 0 Å². The quantitative estimate of drug-likeness (QED) is 0.505. The molecule has 0 spiro atoms. The number of aryl methyl sites for hydroxylation is 2. The molecule has 0 heteroatoms. The van der Waals surface area contributed by atoms with Crippen LogP contribution >= 0.6 is 0 Å². The zero-order valence-corrected chi connectivity index (χ0v) is 5.98. The summed E-state index contributed by atoms with van der Waals surface area (Å²) in [4.78, 5) is 0. The topological polar surface area (TPSA) is 0 Å². The lowest BCUT2D eigenvalue weighted by atomic mass is 9.92. The van der Waals surface area contributed by atoms with E-state index in [1.54, 1.807) is 0 Å². The van der Waals surface area contributed by atoms with E-state index in [-0.39, 0.29) is 0 Å². The van der Waals surface area contributed by atoms with Gasteiger partial charge in [-0.2, -0.15) is 0 Å². The van der Waals surface area contributed by atoms with Crippen LogP contribution in [-0.4, -0.2) is 0 Å². The first-order valence-electron chi connectivity index (χ1n) is 3.86. The van der Waals surface area contributed by atoms with Crippen LogP contribution in [0.1, 0.15) is 24.0 Å². The molecule has 0 bridgehead atoms. The summed E-state index contributed by atoms with van der Waals surface area (Å²) in [5.74, 6) is 0. The van der Waals surface area contributed by atoms with Crippen LogP contribution in [-0.2, 0) is 12.8 Å². The molecule has 0 unspecified atom stereocenters. The van der Waals surface area contributed by atoms with Crippen molar-refractivity contribution in [2.24, 2.45) is 0 Å². The van der Waals surface area contributed by atoms with Crippen molar-refractivity contribution in [1.82, 2.24) is 0 Å². The third-order valence-electron chi connectivity index (χ3n) is 2.10. The standard InChI is InChI=1S/C10H10/c1-2-6-10-8-4-3-7-9(10)5-1/h1,6H,3-4,7-8H2. The lowest BCUT2D eigenvalue weighted by molar-refractivity contribution is 0.684. The molecule has 0 saturated heterocycles. The minimum absolute atomic E-state index is 1.23. The Hall–Kier alpha value is -0.780. The molecule has 0 aromatic heterocycles. The number of rotatable bonds is 0. The van der Waals surface area contributed by atoms with Gasteiger partial charge in [-0.05, 0) is 55.0 Å². The number of hydrogen-bond acceptors (Lipinski definition) is 0. The van der Waals surface area contributed by atoms with E-state index in [9.17, 15) is 0 Å². The summed E-state index contributed by atoms with van der Waals surface area (Å²) in [5, 5.41) is 0. The molecular weight excluding hydrogens is 120 g/mol. The SMILES string of the molecule is [c]1c[c]c2c(c1)CCCC2. The van der Waals surface area contributed by atoms with Gasteiger partial charge in [-0.15, -0.1) is 0 Å². The minimum atomic E-state index is 1.23. The Morgan fingerprint density at radius 2 is 2.10 bits per heavy atom. The maximum Gasteiger partial charge on any atom is -0.0140 e. The van der Waals surface area contributed by atoms with Crippen LogP contribution in [0.2, 0.25) is 0 Å². The highest BCUT2D eigenvalue weighted by Crippen LogP contribution is 2.19. The second-order valence-corrected chi connectivity index (χ2v) is 2.81. The van der Waals surface area contributed by atoms with Gasteiger partial charge in [0.1, 0.15) is 0 Å². The third kappa shape index (κ3) is 0.942. The average Bonchev–Trinajstić information content (AvgIpc) is 2.05. The summed E-state index contributed by atoms with van der Waals surface area (Å²) in [7, 11) is 0. The van der Waals surface area contributed by atoms with Crippen molar-refractivity contribution < 1.29 is 0 Å². The second kappa shape index (κ2) is 2.45. The highest BCUT2D eigenvalue weighted by molar-refractivity contribution is 5.27. The van der Waals surface area contributed by atoms with Crippen molar-refractivity contribution in [2.75, 3.05) is 0 Å². The number of hydrogen-bond donors (Lipinski definition) is 0. The van der Waals surface area contributed by atoms with Crippen LogP contribution in [0.4, 0.5) is 0 Å². The van der Waals surface area contributed by atoms with Gasteiger partial charge in [-0.3, -0.25) is 0 Å². The molecular formula is C10H10. The summed E-state index contributed by atoms with van der Waals surface area (Å²) in [6.07, 6.45) is 5.15. The molecule has 0 amide bonds. The molecule has 0 atom stereocenters. The largest absolute Gasteiger partial charge is 0.0508 e. The monoisotopic (exact) mass is 130 g/mol. The Bertz CT molecular complexity index is 200. The lowest BCUT2D eigenvalue weighted by Crippen LogP contribution is -2.01. The Morgan fingerprint density at radius 1 is 1.20 bits per heavy atom. The maximum atomic E-state index is 3.23. The summed E-state index contributed by atoms with van der Waals surface area (Å²) in [6, 6.07) is 10.3. The van der Waals surface area contributed by atoms with Crippen molar-refractivity contribution in [3.05, 3.63) is 35.4 Å². The van der Waals surface area contributed by atoms with E-state index in [1.807, 2.05) is 6.07 Å². The third-order valence-corrected chi connectivity index (χ3v) is 2.10.